The number of nitrogens with one attached hydrogen (secondary N) is 1. The fourth-order valence-electron chi connectivity index (χ4n) is 1.36. The first kappa shape index (κ1) is 17.1. The van der Waals surface area contributed by atoms with Crippen LogP contribution in [-0.2, 0) is 11.3 Å². The summed E-state index contributed by atoms with van der Waals surface area (Å²) < 4.78 is 17.6. The van der Waals surface area contributed by atoms with E-state index in [9.17, 15) is 4.39 Å². The van der Waals surface area contributed by atoms with Crippen molar-refractivity contribution >= 4 is 29.9 Å². The lowest BCUT2D eigenvalue weighted by Crippen LogP contribution is -2.40. The number of guanidine groups is 1. The van der Waals surface area contributed by atoms with E-state index in [1.165, 1.54) is 12.1 Å². The van der Waals surface area contributed by atoms with Crippen LogP contribution >= 0.6 is 24.0 Å². The fourth-order valence-corrected chi connectivity index (χ4v) is 1.36. The van der Waals surface area contributed by atoms with Crippen LogP contribution in [0.25, 0.3) is 0 Å². The SMILES string of the molecule is COCC(C)NC(N)=NCc1ccc(F)cc1.I. The summed E-state index contributed by atoms with van der Waals surface area (Å²) in [7, 11) is 1.63. The second-order valence-electron chi connectivity index (χ2n) is 3.83. The van der Waals surface area contributed by atoms with Gasteiger partial charge in [-0.2, -0.15) is 0 Å². The average molecular weight is 367 g/mol. The number of nitrogens with two attached hydrogens (primary N) is 1. The van der Waals surface area contributed by atoms with E-state index in [1.807, 2.05) is 6.92 Å². The fraction of sp³-hybridized carbons (Fsp3) is 0.417. The van der Waals surface area contributed by atoms with Crippen molar-refractivity contribution in [2.75, 3.05) is 13.7 Å². The van der Waals surface area contributed by atoms with Crippen LogP contribution < -0.4 is 11.1 Å². The number of rotatable bonds is 5. The molecule has 0 aromatic heterocycles. The molecule has 0 bridgehead atoms. The van der Waals surface area contributed by atoms with Crippen molar-refractivity contribution < 1.29 is 9.13 Å². The van der Waals surface area contributed by atoms with Gasteiger partial charge in [0.05, 0.1) is 13.2 Å². The molecular formula is C12H19FIN3O. The van der Waals surface area contributed by atoms with Crippen LogP contribution in [0, 0.1) is 5.82 Å². The molecule has 1 rings (SSSR count). The predicted octanol–water partition coefficient (Wildman–Crippen LogP) is 1.88. The first-order chi connectivity index (χ1) is 8.11. The summed E-state index contributed by atoms with van der Waals surface area (Å²) in [5, 5.41) is 2.99. The number of aliphatic imine (C=N–C) groups is 1. The van der Waals surface area contributed by atoms with Crippen LogP contribution in [0.2, 0.25) is 0 Å². The monoisotopic (exact) mass is 367 g/mol. The Bertz CT molecular complexity index is 370. The van der Waals surface area contributed by atoms with E-state index in [0.717, 1.165) is 5.56 Å². The Hall–Kier alpha value is -0.890. The van der Waals surface area contributed by atoms with Crippen LogP contribution in [0.15, 0.2) is 29.3 Å². The van der Waals surface area contributed by atoms with Crippen molar-refractivity contribution in [2.24, 2.45) is 10.7 Å². The summed E-state index contributed by atoms with van der Waals surface area (Å²) in [6.45, 7) is 2.94. The van der Waals surface area contributed by atoms with Gasteiger partial charge in [0.2, 0.25) is 0 Å². The highest BCUT2D eigenvalue weighted by Crippen LogP contribution is 2.03. The van der Waals surface area contributed by atoms with Gasteiger partial charge < -0.3 is 15.8 Å². The molecule has 1 unspecified atom stereocenters. The Labute approximate surface area is 124 Å². The summed E-state index contributed by atoms with van der Waals surface area (Å²) >= 11 is 0. The molecule has 1 atom stereocenters. The van der Waals surface area contributed by atoms with Crippen LogP contribution in [0.4, 0.5) is 4.39 Å². The van der Waals surface area contributed by atoms with Gasteiger partial charge in [0.25, 0.3) is 0 Å². The Morgan fingerprint density at radius 1 is 1.44 bits per heavy atom. The van der Waals surface area contributed by atoms with E-state index in [-0.39, 0.29) is 35.8 Å². The number of ether oxygens (including phenoxy) is 1. The molecule has 6 heteroatoms. The highest BCUT2D eigenvalue weighted by molar-refractivity contribution is 14.0. The molecule has 0 fully saturated rings. The maximum absolute atomic E-state index is 12.7. The van der Waals surface area contributed by atoms with Gasteiger partial charge in [-0.1, -0.05) is 12.1 Å². The molecule has 0 saturated carbocycles. The average Bonchev–Trinajstić information content (AvgIpc) is 2.28. The minimum Gasteiger partial charge on any atom is -0.383 e. The minimum absolute atomic E-state index is 0. The van der Waals surface area contributed by atoms with Crippen LogP contribution in [0.3, 0.4) is 0 Å². The molecule has 0 heterocycles. The van der Waals surface area contributed by atoms with Crippen molar-refractivity contribution in [3.63, 3.8) is 0 Å². The molecule has 0 aliphatic rings. The normalized spacial score (nSPS) is 12.7. The van der Waals surface area contributed by atoms with E-state index in [4.69, 9.17) is 10.5 Å². The molecule has 0 amide bonds. The van der Waals surface area contributed by atoms with Gasteiger partial charge in [-0.3, -0.25) is 0 Å². The third-order valence-electron chi connectivity index (χ3n) is 2.16. The minimum atomic E-state index is -0.252. The second-order valence-corrected chi connectivity index (χ2v) is 3.83. The Morgan fingerprint density at radius 3 is 2.61 bits per heavy atom. The summed E-state index contributed by atoms with van der Waals surface area (Å²) in [4.78, 5) is 4.15. The lowest BCUT2D eigenvalue weighted by molar-refractivity contribution is 0.179. The molecule has 0 aliphatic carbocycles. The number of hydrogen-bond acceptors (Lipinski definition) is 2. The zero-order valence-corrected chi connectivity index (χ0v) is 12.9. The molecule has 4 nitrogen and oxygen atoms in total. The molecule has 102 valence electrons. The maximum Gasteiger partial charge on any atom is 0.189 e. The largest absolute Gasteiger partial charge is 0.383 e. The van der Waals surface area contributed by atoms with Gasteiger partial charge in [0.15, 0.2) is 5.96 Å². The lowest BCUT2D eigenvalue weighted by Gasteiger charge is -2.12. The number of halogens is 2. The smallest absolute Gasteiger partial charge is 0.189 e. The first-order valence-corrected chi connectivity index (χ1v) is 5.41. The van der Waals surface area contributed by atoms with E-state index in [1.54, 1.807) is 19.2 Å². The van der Waals surface area contributed by atoms with Crippen molar-refractivity contribution in [2.45, 2.75) is 19.5 Å². The van der Waals surface area contributed by atoms with Crippen molar-refractivity contribution in [1.29, 1.82) is 0 Å². The van der Waals surface area contributed by atoms with Crippen molar-refractivity contribution in [3.05, 3.63) is 35.6 Å². The molecule has 0 spiro atoms. The number of benzene rings is 1. The molecule has 0 aliphatic heterocycles. The topological polar surface area (TPSA) is 59.6 Å². The Morgan fingerprint density at radius 2 is 2.06 bits per heavy atom. The molecule has 0 radical (unpaired) electrons. The molecule has 18 heavy (non-hydrogen) atoms. The van der Waals surface area contributed by atoms with Crippen LogP contribution in [0.5, 0.6) is 0 Å². The van der Waals surface area contributed by atoms with Gasteiger partial charge in [-0.05, 0) is 24.6 Å². The van der Waals surface area contributed by atoms with E-state index in [2.05, 4.69) is 10.3 Å². The highest BCUT2D eigenvalue weighted by atomic mass is 127. The Kier molecular flexibility index (Phi) is 8.65. The summed E-state index contributed by atoms with van der Waals surface area (Å²) in [5.74, 6) is 0.108. The van der Waals surface area contributed by atoms with Gasteiger partial charge in [-0.25, -0.2) is 9.38 Å². The first-order valence-electron chi connectivity index (χ1n) is 5.41. The molecule has 1 aromatic rings. The number of hydrogen-bond donors (Lipinski definition) is 2. The molecule has 1 aromatic carbocycles. The lowest BCUT2D eigenvalue weighted by atomic mass is 10.2. The summed E-state index contributed by atoms with van der Waals surface area (Å²) in [6.07, 6.45) is 0. The van der Waals surface area contributed by atoms with Gasteiger partial charge in [-0.15, -0.1) is 24.0 Å². The third kappa shape index (κ3) is 6.75. The zero-order chi connectivity index (χ0) is 12.7. The van der Waals surface area contributed by atoms with E-state index in [0.29, 0.717) is 19.1 Å². The quantitative estimate of drug-likeness (QED) is 0.475. The van der Waals surface area contributed by atoms with E-state index >= 15 is 0 Å². The second kappa shape index (κ2) is 9.09. The molecule has 3 N–H and O–H groups in total. The standard InChI is InChI=1S/C12H18FN3O.HI/c1-9(8-17-2)16-12(14)15-7-10-3-5-11(13)6-4-10;/h3-6,9H,7-8H2,1-2H3,(H3,14,15,16);1H. The van der Waals surface area contributed by atoms with Crippen LogP contribution in [0.1, 0.15) is 12.5 Å². The number of methoxy groups -OCH3 is 1. The zero-order valence-electron chi connectivity index (χ0n) is 10.5. The molecule has 0 saturated heterocycles. The highest BCUT2D eigenvalue weighted by Gasteiger charge is 2.01. The van der Waals surface area contributed by atoms with Gasteiger partial charge in [0.1, 0.15) is 5.82 Å². The summed E-state index contributed by atoms with van der Waals surface area (Å²) in [6, 6.07) is 6.29. The Balaban J connectivity index is 0.00000289. The van der Waals surface area contributed by atoms with Crippen LogP contribution in [-0.4, -0.2) is 25.7 Å². The third-order valence-corrected chi connectivity index (χ3v) is 2.16. The van der Waals surface area contributed by atoms with Gasteiger partial charge >= 0.3 is 0 Å². The maximum atomic E-state index is 12.7. The predicted molar refractivity (Wildman–Crippen MR) is 81.6 cm³/mol. The van der Waals surface area contributed by atoms with E-state index < -0.39 is 0 Å². The number of nitrogens with zero attached hydrogens (tertiary/aromatic N) is 1. The van der Waals surface area contributed by atoms with Crippen molar-refractivity contribution in [3.8, 4) is 0 Å². The van der Waals surface area contributed by atoms with Gasteiger partial charge in [0, 0.05) is 13.2 Å². The summed E-state index contributed by atoms with van der Waals surface area (Å²) in [5.41, 5.74) is 6.60. The molecular weight excluding hydrogens is 348 g/mol. The van der Waals surface area contributed by atoms with Crippen molar-refractivity contribution in [1.82, 2.24) is 5.32 Å².